The molecule has 0 bridgehead atoms. The van der Waals surface area contributed by atoms with Crippen molar-refractivity contribution < 1.29 is 9.59 Å². The van der Waals surface area contributed by atoms with E-state index in [2.05, 4.69) is 29.6 Å². The van der Waals surface area contributed by atoms with E-state index in [0.717, 1.165) is 24.9 Å². The van der Waals surface area contributed by atoms with Crippen molar-refractivity contribution in [3.8, 4) is 0 Å². The summed E-state index contributed by atoms with van der Waals surface area (Å²) < 4.78 is 0. The Labute approximate surface area is 143 Å². The lowest BCUT2D eigenvalue weighted by Gasteiger charge is -2.32. The van der Waals surface area contributed by atoms with E-state index in [1.807, 2.05) is 25.0 Å². The Bertz CT molecular complexity index is 544. The van der Waals surface area contributed by atoms with Gasteiger partial charge in [-0.15, -0.1) is 11.8 Å². The van der Waals surface area contributed by atoms with E-state index in [1.165, 1.54) is 4.90 Å². The zero-order chi connectivity index (χ0) is 16.8. The number of nitrogens with one attached hydrogen (secondary N) is 1. The first-order valence-corrected chi connectivity index (χ1v) is 9.49. The Balaban J connectivity index is 1.93. The van der Waals surface area contributed by atoms with Gasteiger partial charge in [0.1, 0.15) is 0 Å². The molecule has 2 rings (SSSR count). The molecular weight excluding hydrogens is 308 g/mol. The molecule has 2 amide bonds. The Morgan fingerprint density at radius 1 is 1.35 bits per heavy atom. The highest BCUT2D eigenvalue weighted by Crippen LogP contribution is 2.21. The summed E-state index contributed by atoms with van der Waals surface area (Å²) >= 11 is 1.71. The van der Waals surface area contributed by atoms with E-state index in [4.69, 9.17) is 0 Å². The van der Waals surface area contributed by atoms with E-state index in [-0.39, 0.29) is 23.8 Å². The number of likely N-dealkylation sites (tertiary alicyclic amines) is 1. The van der Waals surface area contributed by atoms with E-state index in [0.29, 0.717) is 13.0 Å². The molecule has 0 saturated carbocycles. The Morgan fingerprint density at radius 2 is 2.04 bits per heavy atom. The van der Waals surface area contributed by atoms with Crippen LogP contribution in [-0.4, -0.2) is 36.1 Å². The zero-order valence-corrected chi connectivity index (χ0v) is 15.0. The third-order valence-corrected chi connectivity index (χ3v) is 5.17. The van der Waals surface area contributed by atoms with Gasteiger partial charge in [-0.25, -0.2) is 0 Å². The average Bonchev–Trinajstić information content (AvgIpc) is 2.61. The molecular formula is C18H26N2O2S. The third kappa shape index (κ3) is 4.74. The van der Waals surface area contributed by atoms with Crippen molar-refractivity contribution in [3.05, 3.63) is 29.8 Å². The molecule has 1 aromatic rings. The Hall–Kier alpha value is -1.49. The number of rotatable bonds is 5. The molecule has 23 heavy (non-hydrogen) atoms. The minimum atomic E-state index is -0.0906. The SMILES string of the molecule is CCC(=O)N1CCC[C@H](C(=O)N[C@H](C)c2ccc(SC)cc2)C1. The molecule has 1 heterocycles. The lowest BCUT2D eigenvalue weighted by atomic mass is 9.96. The maximum Gasteiger partial charge on any atom is 0.225 e. The van der Waals surface area contributed by atoms with E-state index < -0.39 is 0 Å². The lowest BCUT2D eigenvalue weighted by Crippen LogP contribution is -2.45. The van der Waals surface area contributed by atoms with Crippen LogP contribution in [0.15, 0.2) is 29.2 Å². The summed E-state index contributed by atoms with van der Waals surface area (Å²) in [5.74, 6) is 0.107. The number of carbonyl (C=O) groups excluding carboxylic acids is 2. The van der Waals surface area contributed by atoms with Gasteiger partial charge in [0.15, 0.2) is 0 Å². The molecule has 1 aromatic carbocycles. The quantitative estimate of drug-likeness (QED) is 0.841. The first kappa shape index (κ1) is 17.9. The topological polar surface area (TPSA) is 49.4 Å². The predicted molar refractivity (Wildman–Crippen MR) is 94.4 cm³/mol. The van der Waals surface area contributed by atoms with E-state index in [9.17, 15) is 9.59 Å². The number of amides is 2. The predicted octanol–water partition coefficient (Wildman–Crippen LogP) is 3.23. The Kier molecular flexibility index (Phi) is 6.51. The normalized spacial score (nSPS) is 19.3. The van der Waals surface area contributed by atoms with E-state index >= 15 is 0 Å². The van der Waals surface area contributed by atoms with Crippen LogP contribution >= 0.6 is 11.8 Å². The van der Waals surface area contributed by atoms with Gasteiger partial charge < -0.3 is 10.2 Å². The van der Waals surface area contributed by atoms with Crippen LogP contribution in [0.2, 0.25) is 0 Å². The van der Waals surface area contributed by atoms with Gasteiger partial charge in [-0.1, -0.05) is 19.1 Å². The third-order valence-electron chi connectivity index (χ3n) is 4.42. The summed E-state index contributed by atoms with van der Waals surface area (Å²) in [6.07, 6.45) is 4.32. The fraction of sp³-hybridized carbons (Fsp3) is 0.556. The molecule has 1 aliphatic heterocycles. The largest absolute Gasteiger partial charge is 0.349 e. The monoisotopic (exact) mass is 334 g/mol. The van der Waals surface area contributed by atoms with Crippen LogP contribution in [0.4, 0.5) is 0 Å². The van der Waals surface area contributed by atoms with Crippen molar-refractivity contribution in [3.63, 3.8) is 0 Å². The number of piperidine rings is 1. The number of nitrogens with zero attached hydrogens (tertiary/aromatic N) is 1. The van der Waals surface area contributed by atoms with Gasteiger partial charge in [0.05, 0.1) is 12.0 Å². The van der Waals surface area contributed by atoms with Gasteiger partial charge in [0.2, 0.25) is 11.8 Å². The minimum Gasteiger partial charge on any atom is -0.349 e. The van der Waals surface area contributed by atoms with Crippen molar-refractivity contribution in [1.29, 1.82) is 0 Å². The molecule has 4 nitrogen and oxygen atoms in total. The van der Waals surface area contributed by atoms with Crippen molar-refractivity contribution in [2.75, 3.05) is 19.3 Å². The summed E-state index contributed by atoms with van der Waals surface area (Å²) in [4.78, 5) is 27.4. The first-order chi connectivity index (χ1) is 11.0. The highest BCUT2D eigenvalue weighted by atomic mass is 32.2. The number of carbonyl (C=O) groups is 2. The van der Waals surface area contributed by atoms with Crippen molar-refractivity contribution >= 4 is 23.6 Å². The maximum atomic E-state index is 12.5. The number of hydrogen-bond donors (Lipinski definition) is 1. The summed E-state index contributed by atoms with van der Waals surface area (Å²) in [6, 6.07) is 8.25. The lowest BCUT2D eigenvalue weighted by molar-refractivity contribution is -0.135. The standard InChI is InChI=1S/C18H26N2O2S/c1-4-17(21)20-11-5-6-15(12-20)18(22)19-13(2)14-7-9-16(23-3)10-8-14/h7-10,13,15H,4-6,11-12H2,1-3H3,(H,19,22)/t13-,15+/m1/s1. The van der Waals surface area contributed by atoms with Gasteiger partial charge in [-0.05, 0) is 43.7 Å². The fourth-order valence-corrected chi connectivity index (χ4v) is 3.36. The second-order valence-corrected chi connectivity index (χ2v) is 6.92. The highest BCUT2D eigenvalue weighted by molar-refractivity contribution is 7.98. The van der Waals surface area contributed by atoms with Crippen LogP contribution in [0.5, 0.6) is 0 Å². The molecule has 0 unspecified atom stereocenters. The van der Waals surface area contributed by atoms with Gasteiger partial charge >= 0.3 is 0 Å². The van der Waals surface area contributed by atoms with Gasteiger partial charge in [-0.3, -0.25) is 9.59 Å². The summed E-state index contributed by atoms with van der Waals surface area (Å²) in [5.41, 5.74) is 1.11. The molecule has 2 atom stereocenters. The average molecular weight is 334 g/mol. The van der Waals surface area contributed by atoms with Crippen LogP contribution < -0.4 is 5.32 Å². The molecule has 0 radical (unpaired) electrons. The Morgan fingerprint density at radius 3 is 2.65 bits per heavy atom. The molecule has 1 fully saturated rings. The van der Waals surface area contributed by atoms with Crippen LogP contribution in [-0.2, 0) is 9.59 Å². The number of thioether (sulfide) groups is 1. The van der Waals surface area contributed by atoms with Crippen molar-refractivity contribution in [2.45, 2.75) is 44.0 Å². The summed E-state index contributed by atoms with van der Waals surface area (Å²) in [5, 5.41) is 3.10. The van der Waals surface area contributed by atoms with Gasteiger partial charge in [0.25, 0.3) is 0 Å². The highest BCUT2D eigenvalue weighted by Gasteiger charge is 2.28. The fourth-order valence-electron chi connectivity index (χ4n) is 2.95. The molecule has 0 spiro atoms. The van der Waals surface area contributed by atoms with Crippen molar-refractivity contribution in [1.82, 2.24) is 10.2 Å². The summed E-state index contributed by atoms with van der Waals surface area (Å²) in [7, 11) is 0. The molecule has 1 N–H and O–H groups in total. The van der Waals surface area contributed by atoms with Crippen LogP contribution in [0, 0.1) is 5.92 Å². The van der Waals surface area contributed by atoms with Crippen LogP contribution in [0.25, 0.3) is 0 Å². The minimum absolute atomic E-state index is 0.0179. The molecule has 0 aromatic heterocycles. The molecule has 1 aliphatic rings. The summed E-state index contributed by atoms with van der Waals surface area (Å²) in [6.45, 7) is 5.20. The zero-order valence-electron chi connectivity index (χ0n) is 14.2. The maximum absolute atomic E-state index is 12.5. The number of benzene rings is 1. The van der Waals surface area contributed by atoms with E-state index in [1.54, 1.807) is 11.8 Å². The van der Waals surface area contributed by atoms with Crippen molar-refractivity contribution in [2.24, 2.45) is 5.92 Å². The second-order valence-electron chi connectivity index (χ2n) is 6.04. The second kappa shape index (κ2) is 8.39. The van der Waals surface area contributed by atoms with Crippen LogP contribution in [0.3, 0.4) is 0 Å². The molecule has 0 aliphatic carbocycles. The smallest absolute Gasteiger partial charge is 0.225 e. The first-order valence-electron chi connectivity index (χ1n) is 8.27. The number of hydrogen-bond acceptors (Lipinski definition) is 3. The molecule has 5 heteroatoms. The van der Waals surface area contributed by atoms with Crippen LogP contribution in [0.1, 0.15) is 44.7 Å². The van der Waals surface area contributed by atoms with Gasteiger partial charge in [-0.2, -0.15) is 0 Å². The van der Waals surface area contributed by atoms with Gasteiger partial charge in [0, 0.05) is 24.4 Å². The molecule has 126 valence electrons. The molecule has 1 saturated heterocycles.